The van der Waals surface area contributed by atoms with Gasteiger partial charge in [0.05, 0.1) is 12.1 Å². The van der Waals surface area contributed by atoms with Crippen molar-refractivity contribution in [2.45, 2.75) is 19.0 Å². The predicted octanol–water partition coefficient (Wildman–Crippen LogP) is 2.49. The van der Waals surface area contributed by atoms with Crippen LogP contribution >= 0.6 is 11.6 Å². The largest absolute Gasteiger partial charge is 0.393 e. The Kier molecular flexibility index (Phi) is 3.52. The van der Waals surface area contributed by atoms with E-state index in [1.807, 2.05) is 0 Å². The maximum atomic E-state index is 12.7. The summed E-state index contributed by atoms with van der Waals surface area (Å²) in [5.74, 6) is -1.07. The quantitative estimate of drug-likeness (QED) is 0.859. The van der Waals surface area contributed by atoms with E-state index in [1.165, 1.54) is 11.1 Å². The van der Waals surface area contributed by atoms with Crippen LogP contribution in [0.25, 0.3) is 0 Å². The Balaban J connectivity index is 2.21. The normalized spacial score (nSPS) is 21.1. The molecule has 1 aliphatic heterocycles. The van der Waals surface area contributed by atoms with Gasteiger partial charge in [0.2, 0.25) is 5.95 Å². The molecule has 1 atom stereocenters. The van der Waals surface area contributed by atoms with E-state index >= 15 is 0 Å². The number of aromatic nitrogens is 2. The van der Waals surface area contributed by atoms with Crippen molar-refractivity contribution >= 4 is 23.4 Å². The minimum atomic E-state index is -4.19. The molecule has 8 heteroatoms. The van der Waals surface area contributed by atoms with Gasteiger partial charge in [0, 0.05) is 13.1 Å². The van der Waals surface area contributed by atoms with Gasteiger partial charge in [0.1, 0.15) is 5.02 Å². The molecule has 1 saturated heterocycles. The van der Waals surface area contributed by atoms with E-state index in [0.29, 0.717) is 13.0 Å². The first-order valence-electron chi connectivity index (χ1n) is 5.47. The average Bonchev–Trinajstić information content (AvgIpc) is 2.31. The van der Waals surface area contributed by atoms with Gasteiger partial charge in [-0.3, -0.25) is 0 Å². The average molecular weight is 281 g/mol. The van der Waals surface area contributed by atoms with Gasteiger partial charge in [-0.15, -0.1) is 0 Å². The molecule has 2 N–H and O–H groups in total. The Bertz CT molecular complexity index is 438. The molecule has 0 radical (unpaired) electrons. The zero-order valence-electron chi connectivity index (χ0n) is 9.41. The van der Waals surface area contributed by atoms with Crippen molar-refractivity contribution in [1.82, 2.24) is 9.97 Å². The number of nitrogen functional groups attached to an aromatic ring is 1. The van der Waals surface area contributed by atoms with E-state index < -0.39 is 12.1 Å². The van der Waals surface area contributed by atoms with Crippen LogP contribution in [0.3, 0.4) is 0 Å². The third-order valence-electron chi connectivity index (χ3n) is 2.93. The highest BCUT2D eigenvalue weighted by atomic mass is 35.5. The molecular formula is C10H12ClF3N4. The molecule has 1 fully saturated rings. The summed E-state index contributed by atoms with van der Waals surface area (Å²) in [5.41, 5.74) is 5.42. The second-order valence-electron chi connectivity index (χ2n) is 4.23. The fraction of sp³-hybridized carbons (Fsp3) is 0.600. The Hall–Kier alpha value is -1.24. The lowest BCUT2D eigenvalue weighted by molar-refractivity contribution is -0.176. The second-order valence-corrected chi connectivity index (χ2v) is 4.63. The number of anilines is 2. The standard InChI is InChI=1S/C10H12ClF3N4/c11-7-4-16-9(15)17-8(7)18-3-1-2-6(5-18)10(12,13)14/h4,6H,1-3,5H2,(H2,15,16,17). The van der Waals surface area contributed by atoms with Crippen LogP contribution in [0.2, 0.25) is 5.02 Å². The van der Waals surface area contributed by atoms with E-state index in [4.69, 9.17) is 17.3 Å². The second kappa shape index (κ2) is 4.79. The van der Waals surface area contributed by atoms with Gasteiger partial charge in [0.15, 0.2) is 5.82 Å². The molecule has 0 bridgehead atoms. The molecule has 0 aromatic carbocycles. The summed E-state index contributed by atoms with van der Waals surface area (Å²) in [4.78, 5) is 9.11. The van der Waals surface area contributed by atoms with Crippen molar-refractivity contribution in [2.24, 2.45) is 5.92 Å². The molecule has 2 heterocycles. The van der Waals surface area contributed by atoms with Gasteiger partial charge in [0.25, 0.3) is 0 Å². The summed E-state index contributed by atoms with van der Waals surface area (Å²) in [6.45, 7) is 0.350. The molecular weight excluding hydrogens is 269 g/mol. The molecule has 0 amide bonds. The fourth-order valence-electron chi connectivity index (χ4n) is 2.03. The molecule has 4 nitrogen and oxygen atoms in total. The first-order chi connectivity index (χ1) is 8.38. The highest BCUT2D eigenvalue weighted by Gasteiger charge is 2.42. The lowest BCUT2D eigenvalue weighted by Gasteiger charge is -2.34. The zero-order valence-corrected chi connectivity index (χ0v) is 10.2. The van der Waals surface area contributed by atoms with Crippen molar-refractivity contribution in [1.29, 1.82) is 0 Å². The van der Waals surface area contributed by atoms with Gasteiger partial charge in [-0.05, 0) is 12.8 Å². The minimum Gasteiger partial charge on any atom is -0.368 e. The number of halogens is 4. The zero-order chi connectivity index (χ0) is 13.3. The molecule has 1 aromatic rings. The number of rotatable bonds is 1. The van der Waals surface area contributed by atoms with Gasteiger partial charge in [-0.2, -0.15) is 18.2 Å². The number of hydrogen-bond donors (Lipinski definition) is 1. The van der Waals surface area contributed by atoms with Crippen LogP contribution in [0.5, 0.6) is 0 Å². The van der Waals surface area contributed by atoms with Crippen LogP contribution in [0.1, 0.15) is 12.8 Å². The summed E-state index contributed by atoms with van der Waals surface area (Å²) in [6.07, 6.45) is -2.30. The highest BCUT2D eigenvalue weighted by molar-refractivity contribution is 6.32. The van der Waals surface area contributed by atoms with Gasteiger partial charge < -0.3 is 10.6 Å². The van der Waals surface area contributed by atoms with Crippen molar-refractivity contribution in [3.05, 3.63) is 11.2 Å². The summed E-state index contributed by atoms with van der Waals surface area (Å²) in [6, 6.07) is 0. The van der Waals surface area contributed by atoms with Crippen LogP contribution < -0.4 is 10.6 Å². The SMILES string of the molecule is Nc1ncc(Cl)c(N2CCCC(C(F)(F)F)C2)n1. The lowest BCUT2D eigenvalue weighted by atomic mass is 9.97. The first-order valence-corrected chi connectivity index (χ1v) is 5.85. The van der Waals surface area contributed by atoms with Gasteiger partial charge in [-0.1, -0.05) is 11.6 Å². The van der Waals surface area contributed by atoms with E-state index in [0.717, 1.165) is 0 Å². The number of nitrogens with zero attached hydrogens (tertiary/aromatic N) is 3. The van der Waals surface area contributed by atoms with Crippen molar-refractivity contribution in [3.63, 3.8) is 0 Å². The molecule has 0 aliphatic carbocycles. The third-order valence-corrected chi connectivity index (χ3v) is 3.19. The Morgan fingerprint density at radius 1 is 1.44 bits per heavy atom. The number of hydrogen-bond acceptors (Lipinski definition) is 4. The Labute approximate surface area is 107 Å². The topological polar surface area (TPSA) is 55.0 Å². The number of piperidine rings is 1. The Morgan fingerprint density at radius 3 is 2.83 bits per heavy atom. The van der Waals surface area contributed by atoms with Gasteiger partial charge >= 0.3 is 6.18 Å². The minimum absolute atomic E-state index is 0.00327. The van der Waals surface area contributed by atoms with E-state index in [9.17, 15) is 13.2 Å². The Morgan fingerprint density at radius 2 is 2.17 bits per heavy atom. The smallest absolute Gasteiger partial charge is 0.368 e. The third kappa shape index (κ3) is 2.77. The maximum Gasteiger partial charge on any atom is 0.393 e. The molecule has 1 aromatic heterocycles. The fourth-order valence-corrected chi connectivity index (χ4v) is 2.24. The van der Waals surface area contributed by atoms with E-state index in [-0.39, 0.29) is 29.8 Å². The van der Waals surface area contributed by atoms with Crippen LogP contribution in [0.15, 0.2) is 6.20 Å². The summed E-state index contributed by atoms with van der Waals surface area (Å²) >= 11 is 5.89. The molecule has 1 aliphatic rings. The van der Waals surface area contributed by atoms with Crippen molar-refractivity contribution in [3.8, 4) is 0 Å². The monoisotopic (exact) mass is 280 g/mol. The van der Waals surface area contributed by atoms with Crippen molar-refractivity contribution in [2.75, 3.05) is 23.7 Å². The predicted molar refractivity (Wildman–Crippen MR) is 62.4 cm³/mol. The van der Waals surface area contributed by atoms with Crippen LogP contribution in [0.4, 0.5) is 24.9 Å². The van der Waals surface area contributed by atoms with Crippen LogP contribution in [0, 0.1) is 5.92 Å². The summed E-state index contributed by atoms with van der Waals surface area (Å²) in [5, 5.41) is 0.215. The highest BCUT2D eigenvalue weighted by Crippen LogP contribution is 2.35. The van der Waals surface area contributed by atoms with E-state index in [1.54, 1.807) is 0 Å². The van der Waals surface area contributed by atoms with E-state index in [2.05, 4.69) is 9.97 Å². The number of nitrogens with two attached hydrogens (primary N) is 1. The molecule has 18 heavy (non-hydrogen) atoms. The summed E-state index contributed by atoms with van der Waals surface area (Å²) < 4.78 is 38.1. The molecule has 2 rings (SSSR count). The number of alkyl halides is 3. The molecule has 0 spiro atoms. The molecule has 0 saturated carbocycles. The van der Waals surface area contributed by atoms with Crippen LogP contribution in [-0.4, -0.2) is 29.2 Å². The van der Waals surface area contributed by atoms with Gasteiger partial charge in [-0.25, -0.2) is 4.98 Å². The summed E-state index contributed by atoms with van der Waals surface area (Å²) in [7, 11) is 0. The maximum absolute atomic E-state index is 12.7. The molecule has 100 valence electrons. The molecule has 1 unspecified atom stereocenters. The van der Waals surface area contributed by atoms with Crippen molar-refractivity contribution < 1.29 is 13.2 Å². The lowest BCUT2D eigenvalue weighted by Crippen LogP contribution is -2.42. The van der Waals surface area contributed by atoms with Crippen LogP contribution in [-0.2, 0) is 0 Å². The first kappa shape index (κ1) is 13.2.